The number of methoxy groups -OCH3 is 2. The van der Waals surface area contributed by atoms with Crippen LogP contribution in [0.1, 0.15) is 19.3 Å². The van der Waals surface area contributed by atoms with Gasteiger partial charge in [-0.2, -0.15) is 5.26 Å². The molecule has 0 aliphatic rings. The van der Waals surface area contributed by atoms with E-state index in [-0.39, 0.29) is 0 Å². The first-order chi connectivity index (χ1) is 13.8. The Morgan fingerprint density at radius 1 is 1.00 bits per heavy atom. The molecule has 3 aromatic rings. The van der Waals surface area contributed by atoms with E-state index in [9.17, 15) is 0 Å². The maximum Gasteiger partial charge on any atom is 0.196 e. The summed E-state index contributed by atoms with van der Waals surface area (Å²) in [5.41, 5.74) is 1.83. The van der Waals surface area contributed by atoms with Gasteiger partial charge in [-0.25, -0.2) is 0 Å². The van der Waals surface area contributed by atoms with Crippen molar-refractivity contribution in [1.82, 2.24) is 14.8 Å². The highest BCUT2D eigenvalue weighted by molar-refractivity contribution is 7.99. The summed E-state index contributed by atoms with van der Waals surface area (Å²) in [4.78, 5) is 0. The van der Waals surface area contributed by atoms with Crippen LogP contribution >= 0.6 is 11.8 Å². The van der Waals surface area contributed by atoms with Crippen molar-refractivity contribution >= 4 is 11.8 Å². The lowest BCUT2D eigenvalue weighted by Crippen LogP contribution is -2.01. The molecule has 1 aromatic heterocycles. The van der Waals surface area contributed by atoms with Crippen molar-refractivity contribution in [3.63, 3.8) is 0 Å². The molecule has 0 aliphatic carbocycles. The van der Waals surface area contributed by atoms with E-state index in [0.29, 0.717) is 6.42 Å². The Hall–Kier alpha value is -2.98. The predicted octanol–water partition coefficient (Wildman–Crippen LogP) is 4.74. The smallest absolute Gasteiger partial charge is 0.196 e. The Kier molecular flexibility index (Phi) is 6.93. The first kappa shape index (κ1) is 19.8. The zero-order valence-corrected chi connectivity index (χ0v) is 16.8. The van der Waals surface area contributed by atoms with Gasteiger partial charge in [-0.15, -0.1) is 10.2 Å². The minimum Gasteiger partial charge on any atom is -0.497 e. The molecule has 0 unspecified atom stereocenters. The van der Waals surface area contributed by atoms with Crippen LogP contribution in [0.4, 0.5) is 0 Å². The molecule has 0 amide bonds. The van der Waals surface area contributed by atoms with Crippen LogP contribution in [0.15, 0.2) is 53.7 Å². The van der Waals surface area contributed by atoms with E-state index in [1.54, 1.807) is 26.0 Å². The summed E-state index contributed by atoms with van der Waals surface area (Å²) in [5.74, 6) is 3.14. The molecular weight excluding hydrogens is 372 g/mol. The van der Waals surface area contributed by atoms with Crippen molar-refractivity contribution in [2.45, 2.75) is 24.4 Å². The maximum absolute atomic E-state index is 8.69. The minimum absolute atomic E-state index is 0.582. The third-order valence-electron chi connectivity index (χ3n) is 4.23. The van der Waals surface area contributed by atoms with Crippen molar-refractivity contribution in [2.24, 2.45) is 0 Å². The second kappa shape index (κ2) is 9.81. The van der Waals surface area contributed by atoms with Crippen molar-refractivity contribution in [3.8, 4) is 34.6 Å². The standard InChI is InChI=1S/C21H22N4O2S/c1-26-17-12-10-16(11-13-17)25-20(18-8-4-5-9-19(18)27-2)23-24-21(25)28-15-7-3-6-14-22/h4-5,8-13H,3,6-7,15H2,1-2H3. The summed E-state index contributed by atoms with van der Waals surface area (Å²) < 4.78 is 12.8. The third-order valence-corrected chi connectivity index (χ3v) is 5.24. The predicted molar refractivity (Wildman–Crippen MR) is 110 cm³/mol. The zero-order valence-electron chi connectivity index (χ0n) is 16.0. The van der Waals surface area contributed by atoms with Gasteiger partial charge in [-0.05, 0) is 49.2 Å². The van der Waals surface area contributed by atoms with Crippen LogP contribution in [0.2, 0.25) is 0 Å². The molecule has 0 saturated carbocycles. The Morgan fingerprint density at radius 2 is 1.79 bits per heavy atom. The van der Waals surface area contributed by atoms with Gasteiger partial charge in [-0.3, -0.25) is 4.57 Å². The lowest BCUT2D eigenvalue weighted by molar-refractivity contribution is 0.414. The number of unbranched alkanes of at least 4 members (excludes halogenated alkanes) is 2. The number of rotatable bonds is 9. The Morgan fingerprint density at radius 3 is 2.50 bits per heavy atom. The van der Waals surface area contributed by atoms with E-state index in [1.165, 1.54) is 0 Å². The lowest BCUT2D eigenvalue weighted by atomic mass is 10.2. The molecule has 0 bridgehead atoms. The zero-order chi connectivity index (χ0) is 19.8. The number of ether oxygens (including phenoxy) is 2. The number of hydrogen-bond donors (Lipinski definition) is 0. The van der Waals surface area contributed by atoms with Crippen LogP contribution in [0.3, 0.4) is 0 Å². The van der Waals surface area contributed by atoms with Gasteiger partial charge >= 0.3 is 0 Å². The number of aromatic nitrogens is 3. The highest BCUT2D eigenvalue weighted by Crippen LogP contribution is 2.33. The number of para-hydroxylation sites is 1. The van der Waals surface area contributed by atoms with Crippen molar-refractivity contribution < 1.29 is 9.47 Å². The van der Waals surface area contributed by atoms with Crippen LogP contribution in [-0.2, 0) is 0 Å². The fraction of sp³-hybridized carbons (Fsp3) is 0.286. The Bertz CT molecular complexity index is 948. The molecule has 0 radical (unpaired) electrons. The van der Waals surface area contributed by atoms with Gasteiger partial charge in [0.15, 0.2) is 11.0 Å². The topological polar surface area (TPSA) is 73.0 Å². The largest absolute Gasteiger partial charge is 0.497 e. The summed E-state index contributed by atoms with van der Waals surface area (Å²) >= 11 is 1.64. The Balaban J connectivity index is 1.98. The van der Waals surface area contributed by atoms with E-state index >= 15 is 0 Å². The summed E-state index contributed by atoms with van der Waals surface area (Å²) in [5, 5.41) is 18.4. The normalized spacial score (nSPS) is 10.5. The van der Waals surface area contributed by atoms with Gasteiger partial charge in [-0.1, -0.05) is 23.9 Å². The molecule has 0 N–H and O–H groups in total. The van der Waals surface area contributed by atoms with Gasteiger partial charge in [0, 0.05) is 12.2 Å². The first-order valence-corrected chi connectivity index (χ1v) is 10.00. The SMILES string of the molecule is COc1ccc(-n2c(SCCCCC#N)nnc2-c2ccccc2OC)cc1. The molecule has 2 aromatic carbocycles. The lowest BCUT2D eigenvalue weighted by Gasteiger charge is -2.13. The third kappa shape index (κ3) is 4.46. The molecule has 0 fully saturated rings. The highest BCUT2D eigenvalue weighted by atomic mass is 32.2. The van der Waals surface area contributed by atoms with Gasteiger partial charge in [0.2, 0.25) is 0 Å². The van der Waals surface area contributed by atoms with Gasteiger partial charge < -0.3 is 9.47 Å². The molecule has 0 atom stereocenters. The monoisotopic (exact) mass is 394 g/mol. The molecule has 0 saturated heterocycles. The molecule has 6 nitrogen and oxygen atoms in total. The number of nitriles is 1. The molecule has 0 aliphatic heterocycles. The van der Waals surface area contributed by atoms with Crippen LogP contribution in [-0.4, -0.2) is 34.7 Å². The van der Waals surface area contributed by atoms with Crippen molar-refractivity contribution in [2.75, 3.05) is 20.0 Å². The highest BCUT2D eigenvalue weighted by Gasteiger charge is 2.18. The fourth-order valence-electron chi connectivity index (χ4n) is 2.80. The first-order valence-electron chi connectivity index (χ1n) is 9.01. The fourth-order valence-corrected chi connectivity index (χ4v) is 3.75. The molecule has 3 rings (SSSR count). The average molecular weight is 395 g/mol. The van der Waals surface area contributed by atoms with Crippen LogP contribution in [0, 0.1) is 11.3 Å². The molecule has 1 heterocycles. The second-order valence-corrected chi connectivity index (χ2v) is 7.07. The minimum atomic E-state index is 0.582. The number of hydrogen-bond acceptors (Lipinski definition) is 6. The van der Waals surface area contributed by atoms with Crippen molar-refractivity contribution in [1.29, 1.82) is 5.26 Å². The van der Waals surface area contributed by atoms with E-state index < -0.39 is 0 Å². The van der Waals surface area contributed by atoms with Crippen LogP contribution in [0.25, 0.3) is 17.1 Å². The number of benzene rings is 2. The average Bonchev–Trinajstić information content (AvgIpc) is 3.17. The van der Waals surface area contributed by atoms with E-state index in [4.69, 9.17) is 14.7 Å². The van der Waals surface area contributed by atoms with Gasteiger partial charge in [0.1, 0.15) is 11.5 Å². The van der Waals surface area contributed by atoms with Crippen molar-refractivity contribution in [3.05, 3.63) is 48.5 Å². The van der Waals surface area contributed by atoms with E-state index in [1.807, 2.05) is 53.1 Å². The summed E-state index contributed by atoms with van der Waals surface area (Å²) in [6.07, 6.45) is 2.43. The molecule has 28 heavy (non-hydrogen) atoms. The molecular formula is C21H22N4O2S. The second-order valence-electron chi connectivity index (χ2n) is 6.00. The van der Waals surface area contributed by atoms with Crippen LogP contribution in [0.5, 0.6) is 11.5 Å². The van der Waals surface area contributed by atoms with E-state index in [2.05, 4.69) is 16.3 Å². The van der Waals surface area contributed by atoms with Crippen LogP contribution < -0.4 is 9.47 Å². The van der Waals surface area contributed by atoms with E-state index in [0.717, 1.165) is 52.3 Å². The molecule has 7 heteroatoms. The maximum atomic E-state index is 8.69. The quantitative estimate of drug-likeness (QED) is 0.386. The van der Waals surface area contributed by atoms with Gasteiger partial charge in [0.05, 0.1) is 31.5 Å². The number of nitrogens with zero attached hydrogens (tertiary/aromatic N) is 4. The molecule has 144 valence electrons. The summed E-state index contributed by atoms with van der Waals surface area (Å²) in [6, 6.07) is 17.8. The summed E-state index contributed by atoms with van der Waals surface area (Å²) in [7, 11) is 3.30. The van der Waals surface area contributed by atoms with Gasteiger partial charge in [0.25, 0.3) is 0 Å². The summed E-state index contributed by atoms with van der Waals surface area (Å²) in [6.45, 7) is 0. The number of thioether (sulfide) groups is 1. The Labute approximate surface area is 169 Å². The molecule has 0 spiro atoms.